The Morgan fingerprint density at radius 2 is 0.378 bits per heavy atom. The predicted octanol–water partition coefficient (Wildman–Crippen LogP) is 38.4. The highest BCUT2D eigenvalue weighted by atomic mass is 15.2. The summed E-state index contributed by atoms with van der Waals surface area (Å²) in [7, 11) is 0. The number of hydrogen-bond donors (Lipinski definition) is 0. The molecule has 1 heterocycles. The van der Waals surface area contributed by atoms with Gasteiger partial charge in [-0.2, -0.15) is 0 Å². The predicted molar refractivity (Wildman–Crippen MR) is 605 cm³/mol. The van der Waals surface area contributed by atoms with Gasteiger partial charge in [0, 0.05) is 107 Å². The van der Waals surface area contributed by atoms with E-state index in [9.17, 15) is 0 Å². The number of aryl methyl sites for hydroxylation is 2. The molecule has 1 aliphatic carbocycles. The fourth-order valence-electron chi connectivity index (χ4n) is 21.2. The molecule has 0 N–H and O–H groups in total. The van der Waals surface area contributed by atoms with Gasteiger partial charge >= 0.3 is 0 Å². The summed E-state index contributed by atoms with van der Waals surface area (Å²) >= 11 is 0. The monoisotopic (exact) mass is 1830 g/mol. The van der Waals surface area contributed by atoms with Gasteiger partial charge in [-0.05, 0) is 367 Å². The molecule has 0 atom stereocenters. The first-order valence-corrected chi connectivity index (χ1v) is 49.3. The number of benzene rings is 22. The molecule has 6 heteroatoms. The van der Waals surface area contributed by atoms with Crippen molar-refractivity contribution in [2.24, 2.45) is 0 Å². The molecule has 0 saturated heterocycles. The number of para-hydroxylation sites is 5. The Morgan fingerprint density at radius 1 is 0.154 bits per heavy atom. The minimum atomic E-state index is -0.297. The van der Waals surface area contributed by atoms with Crippen LogP contribution in [0.4, 0.5) is 85.3 Å². The maximum atomic E-state index is 2.45. The van der Waals surface area contributed by atoms with Gasteiger partial charge in [0.15, 0.2) is 0 Å². The quantitative estimate of drug-likeness (QED) is 0.0599. The van der Waals surface area contributed by atoms with Gasteiger partial charge in [-0.3, -0.25) is 0 Å². The van der Waals surface area contributed by atoms with Gasteiger partial charge in [0.1, 0.15) is 0 Å². The highest BCUT2D eigenvalue weighted by Crippen LogP contribution is 2.54. The van der Waals surface area contributed by atoms with Crippen molar-refractivity contribution in [3.63, 3.8) is 0 Å². The van der Waals surface area contributed by atoms with Gasteiger partial charge in [0.2, 0.25) is 0 Å². The van der Waals surface area contributed by atoms with Crippen LogP contribution in [0.1, 0.15) is 36.1 Å². The molecule has 23 aromatic rings. The van der Waals surface area contributed by atoms with Crippen LogP contribution in [0, 0.1) is 13.8 Å². The lowest BCUT2D eigenvalue weighted by Gasteiger charge is -2.28. The van der Waals surface area contributed by atoms with E-state index in [1.54, 1.807) is 0 Å². The van der Waals surface area contributed by atoms with Crippen LogP contribution in [0.5, 0.6) is 0 Å². The van der Waals surface area contributed by atoms with E-state index in [2.05, 4.69) is 603 Å². The fourth-order valence-corrected chi connectivity index (χ4v) is 21.2. The van der Waals surface area contributed by atoms with Crippen LogP contribution >= 0.6 is 0 Å². The lowest BCUT2D eigenvalue weighted by atomic mass is 9.81. The first kappa shape index (κ1) is 87.4. The lowest BCUT2D eigenvalue weighted by Crippen LogP contribution is -2.16. The summed E-state index contributed by atoms with van der Waals surface area (Å²) in [5.41, 5.74) is 45.8. The zero-order valence-corrected chi connectivity index (χ0v) is 80.1. The third-order valence-electron chi connectivity index (χ3n) is 28.5. The molecule has 143 heavy (non-hydrogen) atoms. The number of rotatable bonds is 24. The zero-order chi connectivity index (χ0) is 95.9. The van der Waals surface area contributed by atoms with Crippen LogP contribution in [0.2, 0.25) is 0 Å². The van der Waals surface area contributed by atoms with Crippen molar-refractivity contribution in [1.29, 1.82) is 0 Å². The number of anilines is 15. The summed E-state index contributed by atoms with van der Waals surface area (Å²) < 4.78 is 2.38. The first-order valence-electron chi connectivity index (χ1n) is 49.3. The largest absolute Gasteiger partial charge is 0.311 e. The maximum absolute atomic E-state index is 2.45. The molecular formula is C137H102N6. The van der Waals surface area contributed by atoms with Crippen LogP contribution in [0.15, 0.2) is 546 Å². The molecule has 24 rings (SSSR count). The maximum Gasteiger partial charge on any atom is 0.0541 e. The van der Waals surface area contributed by atoms with Crippen LogP contribution in [0.3, 0.4) is 0 Å². The van der Waals surface area contributed by atoms with E-state index in [1.807, 2.05) is 0 Å². The van der Waals surface area contributed by atoms with Crippen molar-refractivity contribution in [3.8, 4) is 106 Å². The highest BCUT2D eigenvalue weighted by Gasteiger charge is 2.37. The third-order valence-corrected chi connectivity index (χ3v) is 28.5. The standard InChI is InChI=1S/C137H102N6/c1-95-26-22-42-126(88-95)140(115-38-16-8-17-39-115)121-72-52-101(53-73-121)102-54-74-122(75-55-102)141(127-43-23-27-96(2)89-127)123-80-60-104(61-81-123)108-31-24-30-107(90-108)103-56-76-119(77-57-103)138(113-34-12-6-13-35-113)117-66-48-99(49-67-117)100-50-68-118(69-51-100)139(114-36-14-7-15-37-114)120-78-58-105(59-79-120)109-32-25-33-110(91-109)112-64-85-129-130-86-84-128(94-134(130)137(3,4)133(129)93-112)142(124-70-46-98(47-71-124)97-28-10-5-11-29-97)125-82-62-106(63-83-125)111-65-87-136-132(92-111)131-44-20-21-45-135(131)143(136)116-40-18-9-19-41-116/h5-94H,1-4H3. The summed E-state index contributed by atoms with van der Waals surface area (Å²) in [6.07, 6.45) is 0. The molecule has 0 aliphatic heterocycles. The molecular weight excluding hydrogens is 1730 g/mol. The Hall–Kier alpha value is -18.4. The molecule has 0 fully saturated rings. The van der Waals surface area contributed by atoms with Gasteiger partial charge in [-0.15, -0.1) is 0 Å². The summed E-state index contributed by atoms with van der Waals surface area (Å²) in [5, 5.41) is 2.48. The minimum Gasteiger partial charge on any atom is -0.311 e. The highest BCUT2D eigenvalue weighted by molar-refractivity contribution is 6.11. The van der Waals surface area contributed by atoms with Gasteiger partial charge in [-0.25, -0.2) is 0 Å². The van der Waals surface area contributed by atoms with E-state index in [0.29, 0.717) is 0 Å². The Labute approximate surface area is 837 Å². The molecule has 0 spiro atoms. The van der Waals surface area contributed by atoms with Crippen LogP contribution in [-0.4, -0.2) is 4.57 Å². The first-order chi connectivity index (χ1) is 70.4. The zero-order valence-electron chi connectivity index (χ0n) is 80.1. The second kappa shape index (κ2) is 37.9. The van der Waals surface area contributed by atoms with Crippen molar-refractivity contribution in [2.75, 3.05) is 24.5 Å². The minimum absolute atomic E-state index is 0.297. The number of fused-ring (bicyclic) bond motifs is 6. The molecule has 1 aromatic heterocycles. The Kier molecular flexibility index (Phi) is 23.1. The molecule has 0 amide bonds. The van der Waals surface area contributed by atoms with Gasteiger partial charge in [0.25, 0.3) is 0 Å². The Balaban J connectivity index is 0.453. The van der Waals surface area contributed by atoms with E-state index in [0.717, 1.165) is 147 Å². The summed E-state index contributed by atoms with van der Waals surface area (Å²) in [6, 6.07) is 200. The Morgan fingerprint density at radius 3 is 0.741 bits per heavy atom. The number of hydrogen-bond acceptors (Lipinski definition) is 5. The fraction of sp³-hybridized carbons (Fsp3) is 0.0365. The molecule has 1 aliphatic rings. The summed E-state index contributed by atoms with van der Waals surface area (Å²) in [4.78, 5) is 11.8. The normalized spacial score (nSPS) is 11.8. The Bertz CT molecular complexity index is 8530. The summed E-state index contributed by atoms with van der Waals surface area (Å²) in [6.45, 7) is 9.10. The smallest absolute Gasteiger partial charge is 0.0541 e. The average molecular weight is 1830 g/mol. The molecule has 0 radical (unpaired) electrons. The van der Waals surface area contributed by atoms with Crippen molar-refractivity contribution in [1.82, 2.24) is 4.57 Å². The van der Waals surface area contributed by atoms with Crippen molar-refractivity contribution in [2.45, 2.75) is 33.1 Å². The molecule has 22 aromatic carbocycles. The second-order valence-corrected chi connectivity index (χ2v) is 37.8. The van der Waals surface area contributed by atoms with Crippen LogP contribution in [-0.2, 0) is 5.41 Å². The number of nitrogens with zero attached hydrogens (tertiary/aromatic N) is 6. The number of aromatic nitrogens is 1. The lowest BCUT2D eigenvalue weighted by molar-refractivity contribution is 0.660. The molecule has 0 bridgehead atoms. The van der Waals surface area contributed by atoms with Gasteiger partial charge in [0.05, 0.1) is 11.0 Å². The van der Waals surface area contributed by atoms with E-state index < -0.39 is 0 Å². The third kappa shape index (κ3) is 17.3. The van der Waals surface area contributed by atoms with E-state index in [4.69, 9.17) is 0 Å². The van der Waals surface area contributed by atoms with E-state index >= 15 is 0 Å². The van der Waals surface area contributed by atoms with E-state index in [1.165, 1.54) is 88.6 Å². The molecule has 0 saturated carbocycles. The SMILES string of the molecule is Cc1cccc(N(c2ccccc2)c2ccc(-c3ccc(N(c4ccc(-c5cccc(-c6ccc(N(c7ccccc7)c7ccc(-c8ccc(N(c9ccccc9)c9ccc(-c%10cccc(-c%11ccc%12c(c%11)C(C)(C)c%11cc(N(c%13ccc(-c%14ccccc%14)cc%13)c%13ccc(-c%14ccc%15c(c%14)c%14ccccc%14n%15-c%14ccccc%14)cc%13)ccc%11-%12)c%10)cc9)cc8)cc7)cc6)c5)cc4)c4cccc(C)c4)cc3)cc2)c1. The topological polar surface area (TPSA) is 21.1 Å². The van der Waals surface area contributed by atoms with Crippen molar-refractivity contribution < 1.29 is 0 Å². The van der Waals surface area contributed by atoms with Crippen LogP contribution in [0.25, 0.3) is 128 Å². The van der Waals surface area contributed by atoms with Crippen LogP contribution < -0.4 is 24.5 Å². The molecule has 680 valence electrons. The average Bonchev–Trinajstić information content (AvgIpc) is 1.56. The second-order valence-electron chi connectivity index (χ2n) is 37.8. The van der Waals surface area contributed by atoms with Crippen molar-refractivity contribution >= 4 is 107 Å². The molecule has 0 unspecified atom stereocenters. The van der Waals surface area contributed by atoms with Gasteiger partial charge in [-0.1, -0.05) is 329 Å². The van der Waals surface area contributed by atoms with E-state index in [-0.39, 0.29) is 5.41 Å². The molecule has 6 nitrogen and oxygen atoms in total. The van der Waals surface area contributed by atoms with Gasteiger partial charge < -0.3 is 29.1 Å². The summed E-state index contributed by atoms with van der Waals surface area (Å²) in [5.74, 6) is 0. The van der Waals surface area contributed by atoms with Crippen molar-refractivity contribution in [3.05, 3.63) is 568 Å².